The molecular formula is C20H44O4Rb4. The van der Waals surface area contributed by atoms with Crippen molar-refractivity contribution in [2.75, 3.05) is 0 Å². The van der Waals surface area contributed by atoms with Crippen LogP contribution >= 0.6 is 0 Å². The molecule has 0 saturated carbocycles. The van der Waals surface area contributed by atoms with Crippen LogP contribution in [0.15, 0.2) is 0 Å². The fourth-order valence-electron chi connectivity index (χ4n) is 0. The van der Waals surface area contributed by atoms with E-state index >= 15 is 0 Å². The van der Waals surface area contributed by atoms with E-state index in [0.29, 0.717) is 25.7 Å². The quantitative estimate of drug-likeness (QED) is 0.293. The maximum Gasteiger partial charge on any atom is 1.00 e. The molecule has 8 heteroatoms. The van der Waals surface area contributed by atoms with Gasteiger partial charge in [0.25, 0.3) is 0 Å². The normalized spacial score (nSPS) is 10.3. The van der Waals surface area contributed by atoms with E-state index in [-0.39, 0.29) is 233 Å². The van der Waals surface area contributed by atoms with E-state index < -0.39 is 22.4 Å². The van der Waals surface area contributed by atoms with Crippen molar-refractivity contribution < 1.29 is 253 Å². The van der Waals surface area contributed by atoms with Gasteiger partial charge in [-0.2, -0.15) is 0 Å². The molecule has 0 aromatic carbocycles. The first-order valence-corrected chi connectivity index (χ1v) is 9.06. The average Bonchev–Trinajstić information content (AvgIpc) is 2.37. The van der Waals surface area contributed by atoms with Crippen molar-refractivity contribution in [3.05, 3.63) is 0 Å². The standard InChI is InChI=1S/4C5H11O.4Rb/c4*1-4-5(2,3)6;;;;/h4*4H2,1-3H3;;;;/q4*-1;4*+1. The Balaban J connectivity index is -0.0000000303. The zero-order chi connectivity index (χ0) is 20.8. The Morgan fingerprint density at radius 1 is 0.357 bits per heavy atom. The molecule has 0 aromatic heterocycles. The van der Waals surface area contributed by atoms with Gasteiger partial charge in [0.15, 0.2) is 0 Å². The second-order valence-electron chi connectivity index (χ2n) is 8.45. The van der Waals surface area contributed by atoms with E-state index in [1.54, 1.807) is 55.4 Å². The molecule has 0 radical (unpaired) electrons. The minimum atomic E-state index is -0.708. The largest absolute Gasteiger partial charge is 1.00 e. The molecule has 0 rings (SSSR count). The van der Waals surface area contributed by atoms with Crippen molar-refractivity contribution in [3.63, 3.8) is 0 Å². The molecule has 0 aliphatic rings. The molecule has 28 heavy (non-hydrogen) atoms. The molecule has 152 valence electrons. The Bertz CT molecular complexity index is 207. The van der Waals surface area contributed by atoms with Crippen LogP contribution in [-0.4, -0.2) is 22.4 Å². The van der Waals surface area contributed by atoms with Gasteiger partial charge in [0.2, 0.25) is 0 Å². The van der Waals surface area contributed by atoms with Gasteiger partial charge in [-0.25, -0.2) is 0 Å². The molecule has 0 aliphatic heterocycles. The van der Waals surface area contributed by atoms with Crippen LogP contribution in [0.1, 0.15) is 109 Å². The van der Waals surface area contributed by atoms with E-state index in [1.165, 1.54) is 0 Å². The summed E-state index contributed by atoms with van der Waals surface area (Å²) in [6, 6.07) is 0. The smallest absolute Gasteiger partial charge is 0.850 e. The van der Waals surface area contributed by atoms with Gasteiger partial charge in [0, 0.05) is 0 Å². The van der Waals surface area contributed by atoms with Gasteiger partial charge in [-0.1, -0.05) is 109 Å². The predicted octanol–water partition coefficient (Wildman–Crippen LogP) is -9.84. The summed E-state index contributed by atoms with van der Waals surface area (Å²) in [6.45, 7) is 21.1. The van der Waals surface area contributed by atoms with E-state index in [0.717, 1.165) is 0 Å². The van der Waals surface area contributed by atoms with Crippen molar-refractivity contribution >= 4 is 0 Å². The summed E-state index contributed by atoms with van der Waals surface area (Å²) in [5.74, 6) is 0. The molecule has 0 bridgehead atoms. The zero-order valence-corrected chi connectivity index (χ0v) is 42.1. The average molecular weight is 690 g/mol. The second-order valence-corrected chi connectivity index (χ2v) is 8.45. The first kappa shape index (κ1) is 55.5. The van der Waals surface area contributed by atoms with Crippen LogP contribution in [0.5, 0.6) is 0 Å². The molecular weight excluding hydrogens is 646 g/mol. The summed E-state index contributed by atoms with van der Waals surface area (Å²) >= 11 is 0. The van der Waals surface area contributed by atoms with Gasteiger partial charge in [-0.05, 0) is 0 Å². The van der Waals surface area contributed by atoms with E-state index in [1.807, 2.05) is 27.7 Å². The van der Waals surface area contributed by atoms with Crippen LogP contribution in [0.2, 0.25) is 0 Å². The monoisotopic (exact) mass is 688 g/mol. The van der Waals surface area contributed by atoms with Crippen molar-refractivity contribution in [3.8, 4) is 0 Å². The molecule has 0 amide bonds. The summed E-state index contributed by atoms with van der Waals surface area (Å²) in [7, 11) is 0. The minimum absolute atomic E-state index is 0. The summed E-state index contributed by atoms with van der Waals surface area (Å²) in [4.78, 5) is 0. The molecule has 0 atom stereocenters. The summed E-state index contributed by atoms with van der Waals surface area (Å²) in [6.07, 6.45) is 2.86. The van der Waals surface area contributed by atoms with E-state index in [9.17, 15) is 20.4 Å². The van der Waals surface area contributed by atoms with Crippen LogP contribution in [0.25, 0.3) is 0 Å². The number of hydrogen-bond acceptors (Lipinski definition) is 4. The third-order valence-electron chi connectivity index (χ3n) is 3.41. The van der Waals surface area contributed by atoms with Crippen molar-refractivity contribution in [2.45, 2.75) is 131 Å². The van der Waals surface area contributed by atoms with Gasteiger partial charge in [0.1, 0.15) is 0 Å². The zero-order valence-electron chi connectivity index (χ0n) is 22.5. The van der Waals surface area contributed by atoms with Gasteiger partial charge in [-0.15, -0.1) is 22.4 Å². The topological polar surface area (TPSA) is 92.2 Å². The fraction of sp³-hybridized carbons (Fsp3) is 1.00. The molecule has 0 saturated heterocycles. The van der Waals surface area contributed by atoms with Crippen LogP contribution in [0.3, 0.4) is 0 Å². The van der Waals surface area contributed by atoms with Crippen molar-refractivity contribution in [1.82, 2.24) is 0 Å². The van der Waals surface area contributed by atoms with Crippen molar-refractivity contribution in [2.24, 2.45) is 0 Å². The third kappa shape index (κ3) is 93.5. The third-order valence-corrected chi connectivity index (χ3v) is 3.41. The van der Waals surface area contributed by atoms with E-state index in [2.05, 4.69) is 0 Å². The Morgan fingerprint density at radius 2 is 0.393 bits per heavy atom. The predicted molar refractivity (Wildman–Crippen MR) is 97.5 cm³/mol. The molecule has 0 aromatic rings. The maximum atomic E-state index is 10.5. The van der Waals surface area contributed by atoms with Crippen LogP contribution in [0, 0.1) is 0 Å². The second kappa shape index (κ2) is 30.3. The fourth-order valence-corrected chi connectivity index (χ4v) is 0. The SMILES string of the molecule is CCC(C)(C)[O-].CCC(C)(C)[O-].CCC(C)(C)[O-].CCC(C)(C)[O-].[Rb+].[Rb+].[Rb+].[Rb+]. The van der Waals surface area contributed by atoms with Gasteiger partial charge >= 0.3 is 233 Å². The Kier molecular flexibility index (Phi) is 60.1. The Labute approximate surface area is 373 Å². The van der Waals surface area contributed by atoms with Crippen molar-refractivity contribution in [1.29, 1.82) is 0 Å². The molecule has 0 N–H and O–H groups in total. The minimum Gasteiger partial charge on any atom is -0.850 e. The molecule has 0 unspecified atom stereocenters. The molecule has 4 nitrogen and oxygen atoms in total. The summed E-state index contributed by atoms with van der Waals surface area (Å²) in [5, 5.41) is 41.9. The number of rotatable bonds is 4. The van der Waals surface area contributed by atoms with Crippen LogP contribution < -0.4 is 253 Å². The van der Waals surface area contributed by atoms with Gasteiger partial charge in [0.05, 0.1) is 0 Å². The Hall–Kier alpha value is 7.06. The molecule has 0 spiro atoms. The first-order chi connectivity index (χ1) is 10.2. The number of hydrogen-bond donors (Lipinski definition) is 0. The van der Waals surface area contributed by atoms with Gasteiger partial charge < -0.3 is 20.4 Å². The van der Waals surface area contributed by atoms with Crippen LogP contribution in [-0.2, 0) is 0 Å². The molecule has 0 aliphatic carbocycles. The first-order valence-electron chi connectivity index (χ1n) is 9.06. The maximum absolute atomic E-state index is 10.5. The molecule has 0 heterocycles. The van der Waals surface area contributed by atoms with Gasteiger partial charge in [-0.3, -0.25) is 0 Å². The summed E-state index contributed by atoms with van der Waals surface area (Å²) < 4.78 is 0. The van der Waals surface area contributed by atoms with E-state index in [4.69, 9.17) is 0 Å². The summed E-state index contributed by atoms with van der Waals surface area (Å²) in [5.41, 5.74) is -2.83. The van der Waals surface area contributed by atoms with Crippen LogP contribution in [0.4, 0.5) is 0 Å². The molecule has 0 fully saturated rings. The Morgan fingerprint density at radius 3 is 0.393 bits per heavy atom.